The van der Waals surface area contributed by atoms with E-state index in [-0.39, 0.29) is 0 Å². The average molecular weight is 399 g/mol. The van der Waals surface area contributed by atoms with Crippen LogP contribution in [0, 0.1) is 5.92 Å². The van der Waals surface area contributed by atoms with Gasteiger partial charge in [-0.25, -0.2) is 4.68 Å². The van der Waals surface area contributed by atoms with Gasteiger partial charge in [-0.3, -0.25) is 9.89 Å². The minimum atomic E-state index is 0.526. The van der Waals surface area contributed by atoms with Crippen LogP contribution in [-0.4, -0.2) is 73.1 Å². The van der Waals surface area contributed by atoms with Crippen molar-refractivity contribution in [1.82, 2.24) is 25.3 Å². The van der Waals surface area contributed by atoms with Crippen molar-refractivity contribution in [3.63, 3.8) is 0 Å². The summed E-state index contributed by atoms with van der Waals surface area (Å²) in [5, 5.41) is 11.1. The summed E-state index contributed by atoms with van der Waals surface area (Å²) >= 11 is 0. The Kier molecular flexibility index (Phi) is 8.52. The van der Waals surface area contributed by atoms with E-state index in [0.717, 1.165) is 70.6 Å². The van der Waals surface area contributed by atoms with Gasteiger partial charge in [-0.15, -0.1) is 0 Å². The highest BCUT2D eigenvalue weighted by atomic mass is 16.5. The Labute approximate surface area is 174 Å². The van der Waals surface area contributed by atoms with Crippen molar-refractivity contribution in [3.05, 3.63) is 48.3 Å². The maximum absolute atomic E-state index is 5.42. The summed E-state index contributed by atoms with van der Waals surface area (Å²) in [6.07, 6.45) is 4.70. The first-order valence-corrected chi connectivity index (χ1v) is 10.7. The van der Waals surface area contributed by atoms with Crippen LogP contribution < -0.4 is 10.6 Å². The fourth-order valence-electron chi connectivity index (χ4n) is 3.43. The van der Waals surface area contributed by atoms with Gasteiger partial charge in [-0.1, -0.05) is 19.1 Å². The minimum absolute atomic E-state index is 0.526. The molecule has 0 radical (unpaired) electrons. The third kappa shape index (κ3) is 7.18. The highest BCUT2D eigenvalue weighted by Crippen LogP contribution is 2.09. The fourth-order valence-corrected chi connectivity index (χ4v) is 3.43. The molecule has 0 aliphatic carbocycles. The summed E-state index contributed by atoms with van der Waals surface area (Å²) in [7, 11) is 0. The smallest absolute Gasteiger partial charge is 0.191 e. The van der Waals surface area contributed by atoms with Gasteiger partial charge in [0.1, 0.15) is 0 Å². The lowest BCUT2D eigenvalue weighted by molar-refractivity contribution is 0.0323. The number of guanidine groups is 1. The molecule has 1 saturated heterocycles. The number of rotatable bonds is 9. The number of nitrogens with zero attached hydrogens (tertiary/aromatic N) is 4. The first kappa shape index (κ1) is 21.3. The highest BCUT2D eigenvalue weighted by molar-refractivity contribution is 5.79. The Bertz CT molecular complexity index is 722. The van der Waals surface area contributed by atoms with Gasteiger partial charge < -0.3 is 15.4 Å². The molecule has 1 atom stereocenters. The number of aromatic nitrogens is 2. The predicted octanol–water partition coefficient (Wildman–Crippen LogP) is 1.94. The van der Waals surface area contributed by atoms with E-state index in [9.17, 15) is 0 Å². The van der Waals surface area contributed by atoms with E-state index in [4.69, 9.17) is 9.73 Å². The van der Waals surface area contributed by atoms with Gasteiger partial charge in [0.15, 0.2) is 5.96 Å². The Balaban J connectivity index is 1.42. The zero-order valence-electron chi connectivity index (χ0n) is 17.7. The Hall–Kier alpha value is -2.38. The first-order chi connectivity index (χ1) is 14.2. The van der Waals surface area contributed by atoms with E-state index in [1.165, 1.54) is 5.56 Å². The minimum Gasteiger partial charge on any atom is -0.379 e. The molecule has 1 aliphatic rings. The van der Waals surface area contributed by atoms with Crippen molar-refractivity contribution in [2.24, 2.45) is 10.9 Å². The second kappa shape index (κ2) is 11.6. The van der Waals surface area contributed by atoms with Gasteiger partial charge >= 0.3 is 0 Å². The van der Waals surface area contributed by atoms with Crippen molar-refractivity contribution in [1.29, 1.82) is 0 Å². The molecule has 1 aromatic heterocycles. The summed E-state index contributed by atoms with van der Waals surface area (Å²) < 4.78 is 7.30. The van der Waals surface area contributed by atoms with Crippen molar-refractivity contribution < 1.29 is 4.74 Å². The maximum atomic E-state index is 5.42. The Morgan fingerprint density at radius 2 is 2.00 bits per heavy atom. The van der Waals surface area contributed by atoms with Crippen LogP contribution in [0.25, 0.3) is 5.69 Å². The van der Waals surface area contributed by atoms with E-state index >= 15 is 0 Å². The molecule has 0 amide bonds. The van der Waals surface area contributed by atoms with Crippen LogP contribution in [0.5, 0.6) is 0 Å². The zero-order chi connectivity index (χ0) is 20.3. The largest absolute Gasteiger partial charge is 0.379 e. The van der Waals surface area contributed by atoms with E-state index in [0.29, 0.717) is 5.92 Å². The number of aliphatic imine (C=N–C) groups is 1. The third-order valence-corrected chi connectivity index (χ3v) is 4.99. The molecule has 2 heterocycles. The normalized spacial score (nSPS) is 16.6. The van der Waals surface area contributed by atoms with Crippen LogP contribution in [0.1, 0.15) is 19.4 Å². The van der Waals surface area contributed by atoms with Crippen LogP contribution >= 0.6 is 0 Å². The SMILES string of the molecule is CCNC(=NCC(C)CN1CCOCC1)NCCc1ccc(-n2cccn2)cc1. The molecule has 2 aromatic rings. The van der Waals surface area contributed by atoms with Gasteiger partial charge in [0.05, 0.1) is 18.9 Å². The van der Waals surface area contributed by atoms with E-state index in [2.05, 4.69) is 58.7 Å². The van der Waals surface area contributed by atoms with Crippen molar-refractivity contribution in [2.45, 2.75) is 20.3 Å². The Morgan fingerprint density at radius 1 is 1.21 bits per heavy atom. The number of benzene rings is 1. The molecule has 1 aliphatic heterocycles. The standard InChI is InChI=1S/C22H34N6O/c1-3-23-22(25-17-19(2)18-27-13-15-29-16-14-27)24-11-9-20-5-7-21(8-6-20)28-12-4-10-26-28/h4-8,10,12,19H,3,9,11,13-18H2,1-2H3,(H2,23,24,25). The van der Waals surface area contributed by atoms with Gasteiger partial charge in [0.2, 0.25) is 0 Å². The number of morpholine rings is 1. The quantitative estimate of drug-likeness (QED) is 0.499. The molecule has 7 nitrogen and oxygen atoms in total. The maximum Gasteiger partial charge on any atom is 0.191 e. The van der Waals surface area contributed by atoms with E-state index in [1.54, 1.807) is 6.20 Å². The molecule has 3 rings (SSSR count). The van der Waals surface area contributed by atoms with Crippen LogP contribution in [-0.2, 0) is 11.2 Å². The molecule has 1 fully saturated rings. The monoisotopic (exact) mass is 398 g/mol. The van der Waals surface area contributed by atoms with Gasteiger partial charge in [0, 0.05) is 51.7 Å². The Morgan fingerprint density at radius 3 is 2.69 bits per heavy atom. The zero-order valence-corrected chi connectivity index (χ0v) is 17.7. The number of ether oxygens (including phenoxy) is 1. The topological polar surface area (TPSA) is 66.7 Å². The summed E-state index contributed by atoms with van der Waals surface area (Å²) in [6.45, 7) is 11.8. The van der Waals surface area contributed by atoms with E-state index in [1.807, 2.05) is 16.9 Å². The van der Waals surface area contributed by atoms with Crippen LogP contribution in [0.4, 0.5) is 0 Å². The molecule has 1 unspecified atom stereocenters. The molecular formula is C22H34N6O. The lowest BCUT2D eigenvalue weighted by Gasteiger charge is -2.28. The molecule has 0 spiro atoms. The molecular weight excluding hydrogens is 364 g/mol. The van der Waals surface area contributed by atoms with Crippen molar-refractivity contribution >= 4 is 5.96 Å². The van der Waals surface area contributed by atoms with Crippen molar-refractivity contribution in [3.8, 4) is 5.69 Å². The number of nitrogens with one attached hydrogen (secondary N) is 2. The van der Waals surface area contributed by atoms with Crippen LogP contribution in [0.2, 0.25) is 0 Å². The second-order valence-corrected chi connectivity index (χ2v) is 7.53. The highest BCUT2D eigenvalue weighted by Gasteiger charge is 2.13. The lowest BCUT2D eigenvalue weighted by atomic mass is 10.1. The molecule has 29 heavy (non-hydrogen) atoms. The van der Waals surface area contributed by atoms with Crippen LogP contribution in [0.15, 0.2) is 47.7 Å². The van der Waals surface area contributed by atoms with Gasteiger partial charge in [0.25, 0.3) is 0 Å². The average Bonchev–Trinajstić information content (AvgIpc) is 3.28. The summed E-state index contributed by atoms with van der Waals surface area (Å²) in [6, 6.07) is 10.5. The van der Waals surface area contributed by atoms with E-state index < -0.39 is 0 Å². The third-order valence-electron chi connectivity index (χ3n) is 4.99. The van der Waals surface area contributed by atoms with Gasteiger partial charge in [-0.05, 0) is 43.0 Å². The first-order valence-electron chi connectivity index (χ1n) is 10.7. The summed E-state index contributed by atoms with van der Waals surface area (Å²) in [5.41, 5.74) is 2.38. The summed E-state index contributed by atoms with van der Waals surface area (Å²) in [5.74, 6) is 1.42. The predicted molar refractivity (Wildman–Crippen MR) is 118 cm³/mol. The van der Waals surface area contributed by atoms with Crippen LogP contribution in [0.3, 0.4) is 0 Å². The lowest BCUT2D eigenvalue weighted by Crippen LogP contribution is -2.40. The molecule has 0 bridgehead atoms. The molecule has 1 aromatic carbocycles. The molecule has 158 valence electrons. The fraction of sp³-hybridized carbons (Fsp3) is 0.545. The second-order valence-electron chi connectivity index (χ2n) is 7.53. The number of hydrogen-bond acceptors (Lipinski definition) is 4. The van der Waals surface area contributed by atoms with Gasteiger partial charge in [-0.2, -0.15) is 5.10 Å². The summed E-state index contributed by atoms with van der Waals surface area (Å²) in [4.78, 5) is 7.25. The van der Waals surface area contributed by atoms with Crippen molar-refractivity contribution in [2.75, 3.05) is 52.5 Å². The number of hydrogen-bond donors (Lipinski definition) is 2. The molecule has 2 N–H and O–H groups in total. The molecule has 7 heteroatoms. The molecule has 0 saturated carbocycles.